The average molecular weight is 961 g/mol. The summed E-state index contributed by atoms with van der Waals surface area (Å²) < 4.78 is 43.3. The lowest BCUT2D eigenvalue weighted by atomic mass is 9.89. The van der Waals surface area contributed by atoms with Gasteiger partial charge in [0.1, 0.15) is 85.4 Å². The monoisotopic (exact) mass is 960 g/mol. The molecule has 14 N–H and O–H groups in total. The highest BCUT2D eigenvalue weighted by Crippen LogP contribution is 2.52. The van der Waals surface area contributed by atoms with Crippen molar-refractivity contribution < 1.29 is 129 Å². The Bertz CT molecular complexity index is 2450. The van der Waals surface area contributed by atoms with E-state index in [-0.39, 0.29) is 0 Å². The number of carbonyl (C=O) groups excluding carboxylic acids is 4. The van der Waals surface area contributed by atoms with Gasteiger partial charge < -0.3 is 109 Å². The number of aliphatic hydroxyl groups is 6. The second-order valence-electron chi connectivity index (χ2n) is 15.3. The zero-order valence-electron chi connectivity index (χ0n) is 34.8. The molecule has 0 aromatic heterocycles. The van der Waals surface area contributed by atoms with Gasteiger partial charge in [-0.3, -0.25) is 0 Å². The quantitative estimate of drug-likeness (QED) is 0.0507. The molecule has 0 amide bonds. The van der Waals surface area contributed by atoms with Crippen LogP contribution in [-0.4, -0.2) is 172 Å². The molecule has 4 aromatic rings. The number of ether oxygens (including phenoxy) is 8. The predicted molar refractivity (Wildman–Crippen MR) is 214 cm³/mol. The maximum Gasteiger partial charge on any atom is 0.347 e. The molecule has 26 nitrogen and oxygen atoms in total. The van der Waals surface area contributed by atoms with Crippen LogP contribution >= 0.6 is 0 Å². The van der Waals surface area contributed by atoms with Crippen molar-refractivity contribution in [3.63, 3.8) is 0 Å². The van der Waals surface area contributed by atoms with Crippen molar-refractivity contribution in [1.29, 1.82) is 0 Å². The van der Waals surface area contributed by atoms with Crippen molar-refractivity contribution in [2.24, 2.45) is 0 Å². The SMILES string of the molecule is COc1c(C2O[C@H](COC(=O)c3cc(O)c(O)c(O)c3)[C@@H](O)[C@H](O)[C@H]2O)cc2c(c1O)OC(=O)c1cc([C@@H]3O[C@H](COC(=O)c4cc(O)c(O)c(O)c4)[C@@H](O)[C@H](O)[C@H]3O)c(OC)c(O)c1OC2=O. The first kappa shape index (κ1) is 48.4. The molecule has 0 radical (unpaired) electrons. The van der Waals surface area contributed by atoms with Gasteiger partial charge in [-0.1, -0.05) is 0 Å². The molecule has 364 valence electrons. The van der Waals surface area contributed by atoms with Crippen molar-refractivity contribution in [2.45, 2.75) is 61.0 Å². The summed E-state index contributed by atoms with van der Waals surface area (Å²) in [6.07, 6.45) is -19.4. The standard InChI is InChI=1S/C42H40O26/c1-61-33-13(35-29(53)27(51)25(49)21(65-35)9-63-39(57)11-3-17(43)23(47)18(44)4-11)7-15-37(31(33)55)67-42(60)16-8-14(34(62-2)32(56)38(16)68-41(15)59)36-30(54)28(52)26(50)22(66-36)10-64-40(58)12-5-19(45)24(48)20(46)6-12/h3-8,21-22,25-30,35-36,43-56H,9-10H2,1-2H3/t21-,22-,25-,26-,27+,28+,29-,30-,35+,36?/m1/s1. The first-order chi connectivity index (χ1) is 32.1. The van der Waals surface area contributed by atoms with Crippen LogP contribution in [0.25, 0.3) is 0 Å². The molecule has 0 spiro atoms. The lowest BCUT2D eigenvalue weighted by Gasteiger charge is -2.41. The fraction of sp³-hybridized carbons (Fsp3) is 0.333. The average Bonchev–Trinajstić information content (AvgIpc) is 3.30. The fourth-order valence-electron chi connectivity index (χ4n) is 7.58. The molecule has 68 heavy (non-hydrogen) atoms. The number of rotatable bonds is 10. The van der Waals surface area contributed by atoms with E-state index in [0.29, 0.717) is 0 Å². The van der Waals surface area contributed by atoms with Gasteiger partial charge in [-0.15, -0.1) is 0 Å². The second-order valence-corrected chi connectivity index (χ2v) is 15.3. The molecule has 2 fully saturated rings. The van der Waals surface area contributed by atoms with Gasteiger partial charge in [0, 0.05) is 11.1 Å². The molecule has 3 aliphatic rings. The van der Waals surface area contributed by atoms with Gasteiger partial charge in [0.05, 0.1) is 25.3 Å². The van der Waals surface area contributed by atoms with Crippen molar-refractivity contribution in [2.75, 3.05) is 27.4 Å². The molecule has 0 bridgehead atoms. The lowest BCUT2D eigenvalue weighted by Crippen LogP contribution is -2.55. The summed E-state index contributed by atoms with van der Waals surface area (Å²) in [5.74, 6) is -16.2. The summed E-state index contributed by atoms with van der Waals surface area (Å²) >= 11 is 0. The number of carbonyl (C=O) groups is 4. The predicted octanol–water partition coefficient (Wildman–Crippen LogP) is -1.14. The molecule has 10 atom stereocenters. The van der Waals surface area contributed by atoms with Gasteiger partial charge >= 0.3 is 23.9 Å². The highest BCUT2D eigenvalue weighted by molar-refractivity contribution is 6.04. The van der Waals surface area contributed by atoms with Crippen LogP contribution < -0.4 is 18.9 Å². The van der Waals surface area contributed by atoms with E-state index in [1.54, 1.807) is 0 Å². The van der Waals surface area contributed by atoms with E-state index in [4.69, 9.17) is 37.9 Å². The Balaban J connectivity index is 1.17. The zero-order chi connectivity index (χ0) is 49.8. The minimum absolute atomic E-state index is 0.457. The van der Waals surface area contributed by atoms with Crippen molar-refractivity contribution in [3.8, 4) is 69.0 Å². The van der Waals surface area contributed by atoms with Gasteiger partial charge in [0.2, 0.25) is 11.5 Å². The molecule has 3 aliphatic heterocycles. The number of hydrogen-bond donors (Lipinski definition) is 14. The van der Waals surface area contributed by atoms with E-state index in [9.17, 15) is 90.7 Å². The van der Waals surface area contributed by atoms with Crippen LogP contribution in [0.5, 0.6) is 69.0 Å². The number of aromatic hydroxyl groups is 8. The molecule has 0 saturated carbocycles. The van der Waals surface area contributed by atoms with E-state index in [0.717, 1.165) is 50.6 Å². The third-order valence-corrected chi connectivity index (χ3v) is 11.1. The maximum atomic E-state index is 13.9. The van der Waals surface area contributed by atoms with E-state index >= 15 is 0 Å². The van der Waals surface area contributed by atoms with E-state index in [2.05, 4.69) is 0 Å². The van der Waals surface area contributed by atoms with Crippen LogP contribution in [0.15, 0.2) is 36.4 Å². The minimum atomic E-state index is -2.08. The zero-order valence-corrected chi connectivity index (χ0v) is 34.8. The Kier molecular flexibility index (Phi) is 13.2. The summed E-state index contributed by atoms with van der Waals surface area (Å²) in [6.45, 7) is -1.76. The number of benzene rings is 4. The molecule has 3 heterocycles. The Morgan fingerprint density at radius 3 is 1.12 bits per heavy atom. The third-order valence-electron chi connectivity index (χ3n) is 11.1. The highest BCUT2D eigenvalue weighted by atomic mass is 16.6. The molecule has 2 saturated heterocycles. The van der Waals surface area contributed by atoms with Gasteiger partial charge in [-0.05, 0) is 36.4 Å². The summed E-state index contributed by atoms with van der Waals surface area (Å²) in [5, 5.41) is 147. The Morgan fingerprint density at radius 2 is 0.809 bits per heavy atom. The van der Waals surface area contributed by atoms with E-state index < -0.39 is 201 Å². The third kappa shape index (κ3) is 8.52. The summed E-state index contributed by atoms with van der Waals surface area (Å²) in [6, 6.07) is 4.66. The largest absolute Gasteiger partial charge is 0.504 e. The van der Waals surface area contributed by atoms with Crippen LogP contribution in [0.3, 0.4) is 0 Å². The van der Waals surface area contributed by atoms with Crippen molar-refractivity contribution in [1.82, 2.24) is 0 Å². The molecule has 26 heteroatoms. The van der Waals surface area contributed by atoms with Gasteiger partial charge in [0.15, 0.2) is 57.5 Å². The molecule has 7 rings (SSSR count). The van der Waals surface area contributed by atoms with E-state index in [1.807, 2.05) is 0 Å². The Morgan fingerprint density at radius 1 is 0.485 bits per heavy atom. The number of fused-ring (bicyclic) bond motifs is 2. The smallest absolute Gasteiger partial charge is 0.347 e. The Hall–Kier alpha value is -7.56. The van der Waals surface area contributed by atoms with Crippen molar-refractivity contribution in [3.05, 3.63) is 69.8 Å². The normalized spacial score (nSPS) is 25.6. The number of methoxy groups -OCH3 is 2. The highest BCUT2D eigenvalue weighted by Gasteiger charge is 2.49. The van der Waals surface area contributed by atoms with Crippen LogP contribution in [0.1, 0.15) is 64.8 Å². The summed E-state index contributed by atoms with van der Waals surface area (Å²) in [5.41, 5.74) is -3.45. The first-order valence-corrected chi connectivity index (χ1v) is 19.6. The second kappa shape index (κ2) is 18.6. The minimum Gasteiger partial charge on any atom is -0.504 e. The van der Waals surface area contributed by atoms with Crippen LogP contribution in [0, 0.1) is 0 Å². The molecule has 4 aromatic carbocycles. The van der Waals surface area contributed by atoms with Crippen LogP contribution in [0.2, 0.25) is 0 Å². The molecular formula is C42H40O26. The maximum absolute atomic E-state index is 13.9. The summed E-state index contributed by atoms with van der Waals surface area (Å²) in [7, 11) is 1.97. The van der Waals surface area contributed by atoms with Crippen LogP contribution in [-0.2, 0) is 18.9 Å². The van der Waals surface area contributed by atoms with Gasteiger partial charge in [0.25, 0.3) is 0 Å². The number of phenols is 8. The molecule has 1 unspecified atom stereocenters. The van der Waals surface area contributed by atoms with Crippen molar-refractivity contribution >= 4 is 23.9 Å². The number of hydrogen-bond acceptors (Lipinski definition) is 26. The topological polar surface area (TPSA) is 425 Å². The molecule has 0 aliphatic carbocycles. The van der Waals surface area contributed by atoms with Crippen LogP contribution in [0.4, 0.5) is 0 Å². The van der Waals surface area contributed by atoms with Gasteiger partial charge in [-0.25, -0.2) is 19.2 Å². The first-order valence-electron chi connectivity index (χ1n) is 19.6. The van der Waals surface area contributed by atoms with Gasteiger partial charge in [-0.2, -0.15) is 0 Å². The summed E-state index contributed by atoms with van der Waals surface area (Å²) in [4.78, 5) is 53.3. The number of aliphatic hydroxyl groups excluding tert-OH is 6. The fourth-order valence-corrected chi connectivity index (χ4v) is 7.58. The lowest BCUT2D eigenvalue weighted by molar-refractivity contribution is -0.232. The number of phenolic OH excluding ortho intramolecular Hbond substituents is 8. The number of esters is 4. The van der Waals surface area contributed by atoms with E-state index in [1.165, 1.54) is 0 Å². The Labute approximate surface area is 379 Å². The molecular weight excluding hydrogens is 920 g/mol.